The Morgan fingerprint density at radius 3 is 2.41 bits per heavy atom. The van der Waals surface area contributed by atoms with Crippen LogP contribution < -0.4 is 11.2 Å². The van der Waals surface area contributed by atoms with E-state index in [-0.39, 0.29) is 18.1 Å². The maximum Gasteiger partial charge on any atom is 0.333 e. The van der Waals surface area contributed by atoms with Gasteiger partial charge >= 0.3 is 11.7 Å². The molecule has 2 aromatic carbocycles. The van der Waals surface area contributed by atoms with Gasteiger partial charge in [-0.1, -0.05) is 67.8 Å². The zero-order valence-corrected chi connectivity index (χ0v) is 22.9. The number of methoxy groups -OCH3 is 1. The molecular weight excluding hydrogens is 524 g/mol. The largest absolute Gasteiger partial charge is 0.468 e. The number of imidazole rings is 1. The molecule has 1 fully saturated rings. The Morgan fingerprint density at radius 1 is 1.00 bits per heavy atom. The standard InChI is InChI=1S/C29H30N8O4/c1-35-28(39)24-27(37(29(35)40)17-23(38)41-2)30-26(20-8-4-3-5-9-20)36(24)16-18-12-14-19(15-13-18)21-10-6-7-11-22(21)25-31-33-34-32-25/h6-7,10-15,20H,3-5,8-9,16-17H2,1-2H3,(H,31,32,33,34). The van der Waals surface area contributed by atoms with Crippen LogP contribution in [0.15, 0.2) is 58.1 Å². The van der Waals surface area contributed by atoms with Gasteiger partial charge in [0.15, 0.2) is 11.2 Å². The number of nitrogens with zero attached hydrogens (tertiary/aromatic N) is 7. The molecular formula is C29H30N8O4. The van der Waals surface area contributed by atoms with E-state index in [9.17, 15) is 14.4 Å². The Balaban J connectivity index is 1.45. The van der Waals surface area contributed by atoms with Crippen molar-refractivity contribution in [1.29, 1.82) is 0 Å². The van der Waals surface area contributed by atoms with Crippen molar-refractivity contribution in [2.75, 3.05) is 7.11 Å². The van der Waals surface area contributed by atoms with E-state index in [4.69, 9.17) is 9.72 Å². The summed E-state index contributed by atoms with van der Waals surface area (Å²) < 4.78 is 9.03. The number of hydrogen-bond acceptors (Lipinski definition) is 8. The van der Waals surface area contributed by atoms with Crippen molar-refractivity contribution in [1.82, 2.24) is 39.3 Å². The monoisotopic (exact) mass is 554 g/mol. The van der Waals surface area contributed by atoms with Crippen LogP contribution in [0.3, 0.4) is 0 Å². The second-order valence-electron chi connectivity index (χ2n) is 10.4. The number of carbonyl (C=O) groups is 1. The summed E-state index contributed by atoms with van der Waals surface area (Å²) in [7, 11) is 2.69. The van der Waals surface area contributed by atoms with Gasteiger partial charge in [-0.25, -0.2) is 9.78 Å². The number of rotatable bonds is 7. The van der Waals surface area contributed by atoms with E-state index in [1.54, 1.807) is 0 Å². The molecule has 210 valence electrons. The molecule has 0 radical (unpaired) electrons. The second-order valence-corrected chi connectivity index (χ2v) is 10.4. The minimum atomic E-state index is -0.600. The molecule has 41 heavy (non-hydrogen) atoms. The summed E-state index contributed by atoms with van der Waals surface area (Å²) in [5.74, 6) is 0.856. The highest BCUT2D eigenvalue weighted by Crippen LogP contribution is 2.34. The molecule has 0 unspecified atom stereocenters. The highest BCUT2D eigenvalue weighted by molar-refractivity contribution is 5.80. The van der Waals surface area contributed by atoms with Gasteiger partial charge in [0.2, 0.25) is 5.82 Å². The Morgan fingerprint density at radius 2 is 1.73 bits per heavy atom. The van der Waals surface area contributed by atoms with Gasteiger partial charge < -0.3 is 9.30 Å². The topological polar surface area (TPSA) is 143 Å². The number of benzene rings is 2. The molecule has 1 saturated carbocycles. The molecule has 0 aliphatic heterocycles. The molecule has 3 aromatic heterocycles. The Labute approximate surface area is 234 Å². The molecule has 1 aliphatic carbocycles. The Hall–Kier alpha value is -4.87. The number of aromatic nitrogens is 8. The zero-order chi connectivity index (χ0) is 28.5. The fourth-order valence-electron chi connectivity index (χ4n) is 5.72. The third kappa shape index (κ3) is 4.85. The van der Waals surface area contributed by atoms with E-state index < -0.39 is 17.2 Å². The lowest BCUT2D eigenvalue weighted by molar-refractivity contribution is -0.141. The lowest BCUT2D eigenvalue weighted by Crippen LogP contribution is -2.40. The van der Waals surface area contributed by atoms with Crippen LogP contribution in [0.5, 0.6) is 0 Å². The quantitative estimate of drug-likeness (QED) is 0.303. The van der Waals surface area contributed by atoms with Gasteiger partial charge in [0.05, 0.1) is 7.11 Å². The molecule has 0 bridgehead atoms. The van der Waals surface area contributed by atoms with Gasteiger partial charge in [0, 0.05) is 25.1 Å². The molecule has 1 N–H and O–H groups in total. The number of fused-ring (bicyclic) bond motifs is 1. The lowest BCUT2D eigenvalue weighted by atomic mass is 9.88. The molecule has 6 rings (SSSR count). The number of tetrazole rings is 1. The smallest absolute Gasteiger partial charge is 0.333 e. The number of aromatic amines is 1. The van der Waals surface area contributed by atoms with Crippen LogP contribution in [0.1, 0.15) is 49.4 Å². The van der Waals surface area contributed by atoms with E-state index >= 15 is 0 Å². The zero-order valence-electron chi connectivity index (χ0n) is 22.9. The van der Waals surface area contributed by atoms with E-state index in [1.165, 1.54) is 25.1 Å². The van der Waals surface area contributed by atoms with Gasteiger partial charge in [-0.2, -0.15) is 5.21 Å². The highest BCUT2D eigenvalue weighted by Gasteiger charge is 2.27. The predicted molar refractivity (Wildman–Crippen MR) is 151 cm³/mol. The Bertz CT molecular complexity index is 1830. The van der Waals surface area contributed by atoms with Crippen LogP contribution in [-0.2, 0) is 29.7 Å². The summed E-state index contributed by atoms with van der Waals surface area (Å²) in [5, 5.41) is 14.5. The predicted octanol–water partition coefficient (Wildman–Crippen LogP) is 3.01. The minimum Gasteiger partial charge on any atom is -0.468 e. The van der Waals surface area contributed by atoms with Gasteiger partial charge in [0.25, 0.3) is 5.56 Å². The third-order valence-electron chi connectivity index (χ3n) is 7.86. The van der Waals surface area contributed by atoms with Crippen molar-refractivity contribution in [3.8, 4) is 22.5 Å². The highest BCUT2D eigenvalue weighted by atomic mass is 16.5. The molecule has 5 aromatic rings. The number of H-pyrrole nitrogens is 1. The molecule has 0 spiro atoms. The van der Waals surface area contributed by atoms with Crippen LogP contribution >= 0.6 is 0 Å². The lowest BCUT2D eigenvalue weighted by Gasteiger charge is -2.22. The normalized spacial score (nSPS) is 14.0. The van der Waals surface area contributed by atoms with Crippen molar-refractivity contribution < 1.29 is 9.53 Å². The third-order valence-corrected chi connectivity index (χ3v) is 7.86. The van der Waals surface area contributed by atoms with Crippen molar-refractivity contribution >= 4 is 17.1 Å². The summed E-state index contributed by atoms with van der Waals surface area (Å²) >= 11 is 0. The molecule has 12 nitrogen and oxygen atoms in total. The van der Waals surface area contributed by atoms with Crippen molar-refractivity contribution in [2.45, 2.75) is 51.1 Å². The van der Waals surface area contributed by atoms with Gasteiger partial charge in [-0.05, 0) is 34.7 Å². The van der Waals surface area contributed by atoms with Gasteiger partial charge in [-0.3, -0.25) is 18.7 Å². The van der Waals surface area contributed by atoms with Crippen molar-refractivity contribution in [3.63, 3.8) is 0 Å². The van der Waals surface area contributed by atoms with Crippen LogP contribution in [-0.4, -0.2) is 52.4 Å². The van der Waals surface area contributed by atoms with Crippen LogP contribution in [0.4, 0.5) is 0 Å². The first-order valence-electron chi connectivity index (χ1n) is 13.6. The molecule has 3 heterocycles. The number of hydrogen-bond donors (Lipinski definition) is 1. The molecule has 12 heteroatoms. The van der Waals surface area contributed by atoms with E-state index in [2.05, 4.69) is 20.6 Å². The average Bonchev–Trinajstić information content (AvgIpc) is 3.68. The molecule has 0 amide bonds. The van der Waals surface area contributed by atoms with E-state index in [0.29, 0.717) is 17.9 Å². The number of ether oxygens (including phenoxy) is 1. The van der Waals surface area contributed by atoms with Gasteiger partial charge in [-0.15, -0.1) is 10.2 Å². The first kappa shape index (κ1) is 26.4. The second kappa shape index (κ2) is 11.0. The van der Waals surface area contributed by atoms with Crippen LogP contribution in [0.25, 0.3) is 33.7 Å². The first-order chi connectivity index (χ1) is 20.0. The van der Waals surface area contributed by atoms with Crippen LogP contribution in [0.2, 0.25) is 0 Å². The summed E-state index contributed by atoms with van der Waals surface area (Å²) in [4.78, 5) is 43.6. The van der Waals surface area contributed by atoms with E-state index in [0.717, 1.165) is 58.3 Å². The molecule has 0 saturated heterocycles. The van der Waals surface area contributed by atoms with Crippen LogP contribution in [0, 0.1) is 0 Å². The Kier molecular flexibility index (Phi) is 7.04. The van der Waals surface area contributed by atoms with Crippen molar-refractivity contribution in [3.05, 3.63) is 80.8 Å². The van der Waals surface area contributed by atoms with Gasteiger partial charge in [0.1, 0.15) is 12.4 Å². The number of esters is 1. The summed E-state index contributed by atoms with van der Waals surface area (Å²) in [6, 6.07) is 16.0. The number of nitrogens with one attached hydrogen (secondary N) is 1. The average molecular weight is 555 g/mol. The summed E-state index contributed by atoms with van der Waals surface area (Å²) in [6.07, 6.45) is 5.23. The SMILES string of the molecule is COC(=O)Cn1c(=O)n(C)c(=O)c2c1nc(C1CCCCC1)n2Cc1ccc(-c2ccccc2-c2nn[nH]n2)cc1. The van der Waals surface area contributed by atoms with E-state index in [1.807, 2.05) is 53.1 Å². The maximum atomic E-state index is 13.5. The minimum absolute atomic E-state index is 0.156. The summed E-state index contributed by atoms with van der Waals surface area (Å²) in [5.41, 5.74) is 3.27. The molecule has 0 atom stereocenters. The fraction of sp³-hybridized carbons (Fsp3) is 0.345. The number of carbonyl (C=O) groups excluding carboxylic acids is 1. The molecule has 1 aliphatic rings. The first-order valence-corrected chi connectivity index (χ1v) is 13.6. The summed E-state index contributed by atoms with van der Waals surface area (Å²) in [6.45, 7) is 0.0658. The fourth-order valence-corrected chi connectivity index (χ4v) is 5.72. The maximum absolute atomic E-state index is 13.5. The van der Waals surface area contributed by atoms with Crippen molar-refractivity contribution in [2.24, 2.45) is 7.05 Å².